The highest BCUT2D eigenvalue weighted by molar-refractivity contribution is 6.06. The molecule has 0 saturated carbocycles. The Balaban J connectivity index is 1.56. The van der Waals surface area contributed by atoms with Crippen molar-refractivity contribution < 1.29 is 24.2 Å². The summed E-state index contributed by atoms with van der Waals surface area (Å²) in [6, 6.07) is 5.13. The van der Waals surface area contributed by atoms with Crippen molar-refractivity contribution in [1.29, 1.82) is 0 Å². The van der Waals surface area contributed by atoms with Gasteiger partial charge in [0.2, 0.25) is 11.8 Å². The minimum atomic E-state index is -1.20. The number of nitrogens with zero attached hydrogens (tertiary/aromatic N) is 3. The zero-order chi connectivity index (χ0) is 27.7. The number of amides is 3. The van der Waals surface area contributed by atoms with Gasteiger partial charge in [0, 0.05) is 38.5 Å². The molecular formula is C31H41N3O5. The first-order chi connectivity index (χ1) is 18.9. The second-order valence-electron chi connectivity index (χ2n) is 11.3. The predicted octanol–water partition coefficient (Wildman–Crippen LogP) is 3.15. The minimum absolute atomic E-state index is 0.0673. The molecule has 8 nitrogen and oxygen atoms in total. The van der Waals surface area contributed by atoms with E-state index in [1.54, 1.807) is 9.80 Å². The Hall–Kier alpha value is -2.97. The number of benzene rings is 1. The van der Waals surface area contributed by atoms with E-state index in [9.17, 15) is 14.4 Å². The lowest BCUT2D eigenvalue weighted by Crippen LogP contribution is -2.55. The number of likely N-dealkylation sites (tertiary alicyclic amines) is 1. The van der Waals surface area contributed by atoms with Gasteiger partial charge in [-0.3, -0.25) is 14.4 Å². The number of hydrogen-bond donors (Lipinski definition) is 1. The molecule has 4 aliphatic heterocycles. The van der Waals surface area contributed by atoms with Crippen LogP contribution in [0.2, 0.25) is 0 Å². The first-order valence-corrected chi connectivity index (χ1v) is 14.5. The van der Waals surface area contributed by atoms with Crippen molar-refractivity contribution in [3.8, 4) is 0 Å². The second kappa shape index (κ2) is 11.3. The molecule has 2 fully saturated rings. The fraction of sp³-hybridized carbons (Fsp3) is 0.581. The molecule has 210 valence electrons. The second-order valence-corrected chi connectivity index (χ2v) is 11.3. The number of unbranched alkanes of at least 4 members (excludes halogenated alkanes) is 3. The van der Waals surface area contributed by atoms with Crippen molar-refractivity contribution in [3.05, 3.63) is 53.6 Å². The van der Waals surface area contributed by atoms with Crippen LogP contribution in [0.3, 0.4) is 0 Å². The van der Waals surface area contributed by atoms with Gasteiger partial charge in [-0.2, -0.15) is 0 Å². The molecule has 4 aliphatic rings. The smallest absolute Gasteiger partial charge is 0.253 e. The van der Waals surface area contributed by atoms with Crippen molar-refractivity contribution >= 4 is 23.4 Å². The summed E-state index contributed by atoms with van der Waals surface area (Å²) in [7, 11) is 0. The third-order valence-electron chi connectivity index (χ3n) is 8.75. The van der Waals surface area contributed by atoms with Gasteiger partial charge < -0.3 is 24.5 Å². The van der Waals surface area contributed by atoms with Gasteiger partial charge in [-0.1, -0.05) is 62.3 Å². The minimum Gasteiger partial charge on any atom is -0.396 e. The average molecular weight is 536 g/mol. The number of ether oxygens (including phenoxy) is 1. The maximum Gasteiger partial charge on any atom is 0.253 e. The molecule has 1 spiro atoms. The number of aliphatic hydroxyl groups is 1. The fourth-order valence-corrected chi connectivity index (χ4v) is 7.08. The highest BCUT2D eigenvalue weighted by Crippen LogP contribution is 2.53. The van der Waals surface area contributed by atoms with Gasteiger partial charge in [-0.15, -0.1) is 0 Å². The molecule has 4 heterocycles. The highest BCUT2D eigenvalue weighted by atomic mass is 16.5. The summed E-state index contributed by atoms with van der Waals surface area (Å²) in [6.07, 6.45) is 11.1. The first-order valence-electron chi connectivity index (χ1n) is 14.5. The number of para-hydroxylation sites is 1. The van der Waals surface area contributed by atoms with Crippen LogP contribution in [0.25, 0.3) is 0 Å². The number of aryl methyl sites for hydroxylation is 2. The molecule has 39 heavy (non-hydrogen) atoms. The van der Waals surface area contributed by atoms with Gasteiger partial charge in [-0.25, -0.2) is 0 Å². The van der Waals surface area contributed by atoms with Crippen LogP contribution >= 0.6 is 0 Å². The van der Waals surface area contributed by atoms with E-state index in [0.717, 1.165) is 42.5 Å². The maximum absolute atomic E-state index is 14.5. The Bertz CT molecular complexity index is 1160. The van der Waals surface area contributed by atoms with Gasteiger partial charge >= 0.3 is 0 Å². The normalized spacial score (nSPS) is 29.9. The Morgan fingerprint density at radius 3 is 2.41 bits per heavy atom. The summed E-state index contributed by atoms with van der Waals surface area (Å²) in [6.45, 7) is 8.09. The van der Waals surface area contributed by atoms with Gasteiger partial charge in [0.25, 0.3) is 5.91 Å². The number of hydrogen-bond acceptors (Lipinski definition) is 5. The molecule has 0 radical (unpaired) electrons. The molecule has 8 heteroatoms. The number of anilines is 1. The van der Waals surface area contributed by atoms with Gasteiger partial charge in [0.1, 0.15) is 11.6 Å². The van der Waals surface area contributed by atoms with E-state index in [0.29, 0.717) is 32.6 Å². The van der Waals surface area contributed by atoms with Crippen molar-refractivity contribution in [2.75, 3.05) is 37.7 Å². The van der Waals surface area contributed by atoms with Gasteiger partial charge in [0.15, 0.2) is 0 Å². The third-order valence-corrected chi connectivity index (χ3v) is 8.75. The van der Waals surface area contributed by atoms with Gasteiger partial charge in [-0.05, 0) is 44.2 Å². The Kier molecular flexibility index (Phi) is 7.96. The van der Waals surface area contributed by atoms with Crippen molar-refractivity contribution in [3.63, 3.8) is 0 Å². The van der Waals surface area contributed by atoms with Crippen LogP contribution in [0, 0.1) is 25.7 Å². The van der Waals surface area contributed by atoms with Crippen molar-refractivity contribution in [2.24, 2.45) is 11.8 Å². The Morgan fingerprint density at radius 2 is 1.69 bits per heavy atom. The van der Waals surface area contributed by atoms with Crippen LogP contribution in [0.15, 0.2) is 42.5 Å². The highest BCUT2D eigenvalue weighted by Gasteiger charge is 2.71. The molecule has 0 aliphatic carbocycles. The lowest BCUT2D eigenvalue weighted by molar-refractivity contribution is -0.144. The quantitative estimate of drug-likeness (QED) is 0.388. The summed E-state index contributed by atoms with van der Waals surface area (Å²) >= 11 is 0. The molecule has 1 N–H and O–H groups in total. The van der Waals surface area contributed by atoms with Crippen LogP contribution < -0.4 is 4.90 Å². The Morgan fingerprint density at radius 1 is 0.949 bits per heavy atom. The number of fused-ring (bicyclic) bond motifs is 2. The summed E-state index contributed by atoms with van der Waals surface area (Å²) in [4.78, 5) is 48.0. The monoisotopic (exact) mass is 535 g/mol. The van der Waals surface area contributed by atoms with E-state index in [1.165, 1.54) is 0 Å². The molecule has 3 amide bonds. The molecular weight excluding hydrogens is 494 g/mol. The number of carbonyl (C=O) groups excluding carboxylic acids is 3. The van der Waals surface area contributed by atoms with Crippen LogP contribution in [0.1, 0.15) is 50.2 Å². The summed E-state index contributed by atoms with van der Waals surface area (Å²) < 4.78 is 6.73. The molecule has 1 aromatic carbocycles. The van der Waals surface area contributed by atoms with Crippen molar-refractivity contribution in [1.82, 2.24) is 9.80 Å². The van der Waals surface area contributed by atoms with E-state index < -0.39 is 29.6 Å². The van der Waals surface area contributed by atoms with E-state index in [4.69, 9.17) is 9.84 Å². The van der Waals surface area contributed by atoms with E-state index >= 15 is 0 Å². The van der Waals surface area contributed by atoms with Crippen LogP contribution in [0.4, 0.5) is 5.69 Å². The standard InChI is InChI=1S/C31H41N3O5/c1-4-16-32-17-10-14-23-24(28(32)36)25-29(37)34(18-7-5-6-8-20-35)27-30(38)33(19-11-15-31(25,27)39-23)26-21(2)12-9-13-22(26)3/h9-15,23-25,27,35H,4-8,16-20H2,1-3H3/t23-,24+,25-,27?,31-/m0/s1. The molecule has 5 rings (SSSR count). The third kappa shape index (κ3) is 4.61. The van der Waals surface area contributed by atoms with Crippen LogP contribution in [-0.4, -0.2) is 83.2 Å². The van der Waals surface area contributed by atoms with Crippen LogP contribution in [0.5, 0.6) is 0 Å². The molecule has 0 aromatic heterocycles. The van der Waals surface area contributed by atoms with E-state index in [1.807, 2.05) is 68.2 Å². The molecule has 5 atom stereocenters. The summed E-state index contributed by atoms with van der Waals surface area (Å²) in [5.41, 5.74) is 1.65. The Labute approximate surface area is 231 Å². The maximum atomic E-state index is 14.5. The SMILES string of the molecule is CCCN1CC=C[C@@H]2O[C@]34C=CCN(c5c(C)cccc5C)C(=O)C3N(CCCCCCO)C(=O)[C@@H]4[C@@H]2C1=O. The molecule has 0 bridgehead atoms. The van der Waals surface area contributed by atoms with Gasteiger partial charge in [0.05, 0.1) is 17.9 Å². The lowest BCUT2D eigenvalue weighted by atomic mass is 9.77. The number of aliphatic hydroxyl groups excluding tert-OH is 1. The average Bonchev–Trinajstić information content (AvgIpc) is 3.22. The fourth-order valence-electron chi connectivity index (χ4n) is 7.08. The number of rotatable bonds is 9. The van der Waals surface area contributed by atoms with Crippen LogP contribution in [-0.2, 0) is 19.1 Å². The molecule has 1 aromatic rings. The topological polar surface area (TPSA) is 90.4 Å². The lowest BCUT2D eigenvalue weighted by Gasteiger charge is -2.36. The van der Waals surface area contributed by atoms with Crippen molar-refractivity contribution in [2.45, 2.75) is 70.6 Å². The van der Waals surface area contributed by atoms with E-state index in [2.05, 4.69) is 0 Å². The zero-order valence-electron chi connectivity index (χ0n) is 23.3. The molecule has 2 saturated heterocycles. The zero-order valence-corrected chi connectivity index (χ0v) is 23.3. The number of carbonyl (C=O) groups is 3. The summed E-state index contributed by atoms with van der Waals surface area (Å²) in [5, 5.41) is 9.17. The first kappa shape index (κ1) is 27.6. The predicted molar refractivity (Wildman–Crippen MR) is 149 cm³/mol. The largest absolute Gasteiger partial charge is 0.396 e. The molecule has 1 unspecified atom stereocenters. The summed E-state index contributed by atoms with van der Waals surface area (Å²) in [5.74, 6) is -1.81. The van der Waals surface area contributed by atoms with E-state index in [-0.39, 0.29) is 24.3 Å².